The fraction of sp³-hybridized carbons (Fsp3) is 0.400. The second kappa shape index (κ2) is 5.85. The minimum absolute atomic E-state index is 0.0921. The first kappa shape index (κ1) is 14.1. The zero-order valence-electron chi connectivity index (χ0n) is 11.8. The second-order valence-corrected chi connectivity index (χ2v) is 5.76. The predicted molar refractivity (Wildman–Crippen MR) is 83.0 cm³/mol. The average Bonchev–Trinajstić information content (AvgIpc) is 2.47. The van der Waals surface area contributed by atoms with Crippen molar-refractivity contribution in [2.45, 2.75) is 25.7 Å². The zero-order valence-corrected chi connectivity index (χ0v) is 12.6. The van der Waals surface area contributed by atoms with Crippen LogP contribution < -0.4 is 10.5 Å². The van der Waals surface area contributed by atoms with E-state index in [1.165, 1.54) is 0 Å². The number of piperidine rings is 1. The highest BCUT2D eigenvalue weighted by Gasteiger charge is 2.24. The van der Waals surface area contributed by atoms with E-state index < -0.39 is 0 Å². The topological polar surface area (TPSA) is 61.9 Å². The predicted octanol–water partition coefficient (Wildman–Crippen LogP) is 2.51. The lowest BCUT2D eigenvalue weighted by Crippen LogP contribution is -2.35. The summed E-state index contributed by atoms with van der Waals surface area (Å²) in [7, 11) is 0. The lowest BCUT2D eigenvalue weighted by atomic mass is 9.94. The van der Waals surface area contributed by atoms with E-state index in [2.05, 4.69) is 19.9 Å². The van der Waals surface area contributed by atoms with Crippen LogP contribution >= 0.6 is 11.6 Å². The van der Waals surface area contributed by atoms with Gasteiger partial charge in [0, 0.05) is 31.3 Å². The number of hydrogen-bond donors (Lipinski definition) is 1. The van der Waals surface area contributed by atoms with Crippen LogP contribution in [0.15, 0.2) is 29.2 Å². The molecule has 1 atom stereocenters. The Hall–Kier alpha value is -1.88. The molecule has 0 spiro atoms. The van der Waals surface area contributed by atoms with Gasteiger partial charge in [0.15, 0.2) is 0 Å². The van der Waals surface area contributed by atoms with E-state index in [9.17, 15) is 4.79 Å². The van der Waals surface area contributed by atoms with Crippen LogP contribution in [0.5, 0.6) is 0 Å². The number of anilines is 1. The van der Waals surface area contributed by atoms with Gasteiger partial charge in [0.2, 0.25) is 0 Å². The molecule has 1 aliphatic heterocycles. The highest BCUT2D eigenvalue weighted by Crippen LogP contribution is 2.30. The van der Waals surface area contributed by atoms with Gasteiger partial charge in [-0.1, -0.05) is 11.6 Å². The van der Waals surface area contributed by atoms with Crippen LogP contribution in [-0.4, -0.2) is 28.0 Å². The van der Waals surface area contributed by atoms with Gasteiger partial charge in [-0.05, 0) is 31.9 Å². The lowest BCUT2D eigenvalue weighted by Gasteiger charge is -2.33. The normalized spacial score (nSPS) is 18.8. The van der Waals surface area contributed by atoms with E-state index in [-0.39, 0.29) is 11.5 Å². The Balaban J connectivity index is 1.86. The smallest absolute Gasteiger partial charge is 0.251 e. The van der Waals surface area contributed by atoms with E-state index in [0.717, 1.165) is 37.4 Å². The number of aryl methyl sites for hydroxylation is 1. The first-order valence-corrected chi connectivity index (χ1v) is 7.44. The Bertz CT molecular complexity index is 700. The molecule has 110 valence electrons. The van der Waals surface area contributed by atoms with E-state index in [4.69, 9.17) is 11.6 Å². The summed E-state index contributed by atoms with van der Waals surface area (Å²) in [5.41, 5.74) is 0.762. The van der Waals surface area contributed by atoms with Crippen molar-refractivity contribution < 1.29 is 0 Å². The van der Waals surface area contributed by atoms with Crippen molar-refractivity contribution in [1.29, 1.82) is 0 Å². The number of aromatic amines is 1. The Morgan fingerprint density at radius 2 is 2.33 bits per heavy atom. The van der Waals surface area contributed by atoms with E-state index in [1.54, 1.807) is 19.2 Å². The Morgan fingerprint density at radius 3 is 3.10 bits per heavy atom. The molecular weight excluding hydrogens is 288 g/mol. The number of nitrogens with one attached hydrogen (secondary N) is 1. The molecule has 5 nitrogen and oxygen atoms in total. The molecule has 0 aliphatic carbocycles. The number of nitrogens with zero attached hydrogens (tertiary/aromatic N) is 3. The maximum atomic E-state index is 11.6. The number of H-pyrrole nitrogens is 1. The maximum Gasteiger partial charge on any atom is 0.251 e. The molecular formula is C15H17ClN4O. The van der Waals surface area contributed by atoms with Gasteiger partial charge < -0.3 is 9.88 Å². The molecule has 1 unspecified atom stereocenters. The SMILES string of the molecule is Cc1nc(C2CCCN(c3ncccc3Cl)C2)cc(=O)[nH]1. The molecule has 0 saturated carbocycles. The summed E-state index contributed by atoms with van der Waals surface area (Å²) in [4.78, 5) is 25.3. The molecule has 21 heavy (non-hydrogen) atoms. The van der Waals surface area contributed by atoms with Crippen molar-refractivity contribution in [2.75, 3.05) is 18.0 Å². The summed E-state index contributed by atoms with van der Waals surface area (Å²) in [6.45, 7) is 3.52. The van der Waals surface area contributed by atoms with Crippen molar-refractivity contribution in [3.8, 4) is 0 Å². The third kappa shape index (κ3) is 3.08. The van der Waals surface area contributed by atoms with Gasteiger partial charge in [-0.15, -0.1) is 0 Å². The van der Waals surface area contributed by atoms with Crippen LogP contribution in [0.4, 0.5) is 5.82 Å². The number of pyridine rings is 1. The number of aromatic nitrogens is 3. The average molecular weight is 305 g/mol. The maximum absolute atomic E-state index is 11.6. The molecule has 2 aromatic rings. The number of hydrogen-bond acceptors (Lipinski definition) is 4. The van der Waals surface area contributed by atoms with Crippen molar-refractivity contribution in [2.24, 2.45) is 0 Å². The van der Waals surface area contributed by atoms with Crippen LogP contribution in [0.1, 0.15) is 30.3 Å². The highest BCUT2D eigenvalue weighted by molar-refractivity contribution is 6.32. The Kier molecular flexibility index (Phi) is 3.92. The number of halogens is 1. The molecule has 0 radical (unpaired) electrons. The second-order valence-electron chi connectivity index (χ2n) is 5.35. The summed E-state index contributed by atoms with van der Waals surface area (Å²) in [6, 6.07) is 5.28. The molecule has 3 heterocycles. The molecule has 2 aromatic heterocycles. The van der Waals surface area contributed by atoms with E-state index in [0.29, 0.717) is 10.8 Å². The van der Waals surface area contributed by atoms with Crippen molar-refractivity contribution >= 4 is 17.4 Å². The first-order valence-electron chi connectivity index (χ1n) is 7.07. The van der Waals surface area contributed by atoms with Gasteiger partial charge in [-0.25, -0.2) is 9.97 Å². The van der Waals surface area contributed by atoms with Crippen LogP contribution in [0, 0.1) is 6.92 Å². The molecule has 1 fully saturated rings. The van der Waals surface area contributed by atoms with Crippen molar-refractivity contribution in [3.63, 3.8) is 0 Å². The van der Waals surface area contributed by atoms with Gasteiger partial charge in [-0.2, -0.15) is 0 Å². The zero-order chi connectivity index (χ0) is 14.8. The van der Waals surface area contributed by atoms with Gasteiger partial charge in [0.25, 0.3) is 5.56 Å². The fourth-order valence-electron chi connectivity index (χ4n) is 2.83. The summed E-state index contributed by atoms with van der Waals surface area (Å²) >= 11 is 6.23. The van der Waals surface area contributed by atoms with Crippen LogP contribution in [-0.2, 0) is 0 Å². The standard InChI is InChI=1S/C15H17ClN4O/c1-10-18-13(8-14(21)19-10)11-4-3-7-20(9-11)15-12(16)5-2-6-17-15/h2,5-6,8,11H,3-4,7,9H2,1H3,(H,18,19,21). The monoisotopic (exact) mass is 304 g/mol. The van der Waals surface area contributed by atoms with Crippen LogP contribution in [0.3, 0.4) is 0 Å². The van der Waals surface area contributed by atoms with E-state index >= 15 is 0 Å². The quantitative estimate of drug-likeness (QED) is 0.926. The molecule has 0 bridgehead atoms. The third-order valence-electron chi connectivity index (χ3n) is 3.76. The van der Waals surface area contributed by atoms with Gasteiger partial charge in [-0.3, -0.25) is 4.79 Å². The molecule has 1 N–H and O–H groups in total. The molecule has 3 rings (SSSR count). The van der Waals surface area contributed by atoms with Crippen molar-refractivity contribution in [3.05, 3.63) is 51.3 Å². The highest BCUT2D eigenvalue weighted by atomic mass is 35.5. The van der Waals surface area contributed by atoms with Gasteiger partial charge >= 0.3 is 0 Å². The molecule has 0 aromatic carbocycles. The summed E-state index contributed by atoms with van der Waals surface area (Å²) in [5.74, 6) is 1.70. The molecule has 0 amide bonds. The minimum atomic E-state index is -0.0921. The first-order chi connectivity index (χ1) is 10.1. The molecule has 1 saturated heterocycles. The molecule has 1 aliphatic rings. The van der Waals surface area contributed by atoms with Gasteiger partial charge in [0.05, 0.1) is 10.7 Å². The largest absolute Gasteiger partial charge is 0.355 e. The lowest BCUT2D eigenvalue weighted by molar-refractivity contribution is 0.496. The minimum Gasteiger partial charge on any atom is -0.355 e. The summed E-state index contributed by atoms with van der Waals surface area (Å²) < 4.78 is 0. The van der Waals surface area contributed by atoms with Gasteiger partial charge in [0.1, 0.15) is 11.6 Å². The Labute approximate surface area is 128 Å². The van der Waals surface area contributed by atoms with E-state index in [1.807, 2.05) is 12.1 Å². The Morgan fingerprint density at radius 1 is 1.48 bits per heavy atom. The summed E-state index contributed by atoms with van der Waals surface area (Å²) in [6.07, 6.45) is 3.81. The van der Waals surface area contributed by atoms with Crippen LogP contribution in [0.2, 0.25) is 5.02 Å². The third-order valence-corrected chi connectivity index (χ3v) is 4.05. The number of rotatable bonds is 2. The van der Waals surface area contributed by atoms with Crippen molar-refractivity contribution in [1.82, 2.24) is 15.0 Å². The fourth-order valence-corrected chi connectivity index (χ4v) is 3.07. The summed E-state index contributed by atoms with van der Waals surface area (Å²) in [5, 5.41) is 0.660. The van der Waals surface area contributed by atoms with Crippen LogP contribution in [0.25, 0.3) is 0 Å². The molecule has 6 heteroatoms.